The van der Waals surface area contributed by atoms with E-state index in [1.165, 1.54) is 0 Å². The molecule has 2 aliphatic heterocycles. The molecule has 4 heterocycles. The van der Waals surface area contributed by atoms with Crippen LogP contribution in [0.1, 0.15) is 34.6 Å². The molecule has 0 saturated carbocycles. The van der Waals surface area contributed by atoms with E-state index in [-0.39, 0.29) is 12.1 Å². The second-order valence-corrected chi connectivity index (χ2v) is 8.16. The van der Waals surface area contributed by atoms with E-state index in [9.17, 15) is 0 Å². The Labute approximate surface area is 197 Å². The van der Waals surface area contributed by atoms with Gasteiger partial charge in [-0.15, -0.1) is 0 Å². The lowest BCUT2D eigenvalue weighted by molar-refractivity contribution is 0.319. The first-order chi connectivity index (χ1) is 16.8. The average Bonchev–Trinajstić information content (AvgIpc) is 3.61. The van der Waals surface area contributed by atoms with Crippen LogP contribution in [0.2, 0.25) is 0 Å². The largest absolute Gasteiger partial charge is 0.474 e. The number of benzene rings is 2. The van der Waals surface area contributed by atoms with Crippen LogP contribution in [0.15, 0.2) is 107 Å². The molecule has 6 rings (SSSR count). The fourth-order valence-electron chi connectivity index (χ4n) is 4.11. The summed E-state index contributed by atoms with van der Waals surface area (Å²) in [5.41, 5.74) is 5.14. The highest BCUT2D eigenvalue weighted by Gasteiger charge is 2.24. The maximum atomic E-state index is 5.88. The van der Waals surface area contributed by atoms with E-state index in [4.69, 9.17) is 29.4 Å². The van der Waals surface area contributed by atoms with Crippen molar-refractivity contribution in [1.29, 1.82) is 0 Å². The minimum absolute atomic E-state index is 0.0156. The zero-order chi connectivity index (χ0) is 22.7. The summed E-state index contributed by atoms with van der Waals surface area (Å²) in [6, 6.07) is 31.9. The molecular weight excluding hydrogens is 424 g/mol. The van der Waals surface area contributed by atoms with Crippen molar-refractivity contribution >= 4 is 11.8 Å². The number of aromatic nitrogens is 2. The Morgan fingerprint density at radius 3 is 1.32 bits per heavy atom. The van der Waals surface area contributed by atoms with Gasteiger partial charge in [-0.25, -0.2) is 20.0 Å². The number of hydrogen-bond donors (Lipinski definition) is 0. The lowest BCUT2D eigenvalue weighted by atomic mass is 10.1. The normalized spacial score (nSPS) is 19.2. The van der Waals surface area contributed by atoms with Gasteiger partial charge in [0.05, 0.1) is 11.4 Å². The molecule has 6 heteroatoms. The van der Waals surface area contributed by atoms with Crippen molar-refractivity contribution in [2.75, 3.05) is 13.2 Å². The van der Waals surface area contributed by atoms with Crippen LogP contribution in [0, 0.1) is 0 Å². The monoisotopic (exact) mass is 446 g/mol. The lowest BCUT2D eigenvalue weighted by Crippen LogP contribution is -2.07. The molecule has 0 radical (unpaired) electrons. The second kappa shape index (κ2) is 8.90. The highest BCUT2D eigenvalue weighted by molar-refractivity contribution is 5.95. The van der Waals surface area contributed by atoms with E-state index >= 15 is 0 Å². The van der Waals surface area contributed by atoms with Crippen molar-refractivity contribution in [3.63, 3.8) is 0 Å². The molecule has 0 fully saturated rings. The number of pyridine rings is 2. The summed E-state index contributed by atoms with van der Waals surface area (Å²) in [4.78, 5) is 19.1. The SMILES string of the molecule is c1ccc([C@H]2COC(c3cccc(-c4cccc(C5=N[C@@H](c6ccccc6)CO5)n4)n3)=N2)cc1. The van der Waals surface area contributed by atoms with Crippen molar-refractivity contribution in [1.82, 2.24) is 9.97 Å². The molecule has 0 saturated heterocycles. The molecule has 0 amide bonds. The molecule has 2 atom stereocenters. The highest BCUT2D eigenvalue weighted by atomic mass is 16.5. The standard InChI is InChI=1S/C28H22N4O2/c1-3-9-19(10-4-1)25-17-33-27(31-25)23-15-7-13-21(29-23)22-14-8-16-24(30-22)28-32-26(18-34-28)20-11-5-2-6-12-20/h1-16,25-26H,17-18H2/t25-,26-/m1/s1. The van der Waals surface area contributed by atoms with E-state index in [2.05, 4.69) is 24.3 Å². The minimum Gasteiger partial charge on any atom is -0.474 e. The summed E-state index contributed by atoms with van der Waals surface area (Å²) < 4.78 is 11.8. The number of nitrogens with zero attached hydrogens (tertiary/aromatic N) is 4. The quantitative estimate of drug-likeness (QED) is 0.424. The van der Waals surface area contributed by atoms with E-state index < -0.39 is 0 Å². The van der Waals surface area contributed by atoms with Crippen LogP contribution in [0.4, 0.5) is 0 Å². The van der Waals surface area contributed by atoms with Crippen LogP contribution in [0.5, 0.6) is 0 Å². The topological polar surface area (TPSA) is 69.0 Å². The summed E-state index contributed by atoms with van der Waals surface area (Å²) >= 11 is 0. The maximum Gasteiger partial charge on any atom is 0.236 e. The predicted octanol–water partition coefficient (Wildman–Crippen LogP) is 5.18. The summed E-state index contributed by atoms with van der Waals surface area (Å²) in [6.07, 6.45) is 0. The molecular formula is C28H22N4O2. The van der Waals surface area contributed by atoms with Crippen LogP contribution in [0.25, 0.3) is 11.4 Å². The van der Waals surface area contributed by atoms with Crippen molar-refractivity contribution < 1.29 is 9.47 Å². The van der Waals surface area contributed by atoms with Crippen LogP contribution in [-0.4, -0.2) is 35.0 Å². The average molecular weight is 447 g/mol. The van der Waals surface area contributed by atoms with Gasteiger partial charge in [-0.1, -0.05) is 72.8 Å². The zero-order valence-corrected chi connectivity index (χ0v) is 18.4. The maximum absolute atomic E-state index is 5.88. The second-order valence-electron chi connectivity index (χ2n) is 8.16. The highest BCUT2D eigenvalue weighted by Crippen LogP contribution is 2.27. The Morgan fingerprint density at radius 2 is 0.882 bits per heavy atom. The molecule has 2 aromatic carbocycles. The zero-order valence-electron chi connectivity index (χ0n) is 18.4. The summed E-state index contributed by atoms with van der Waals surface area (Å²) in [6.45, 7) is 1.03. The van der Waals surface area contributed by atoms with Crippen molar-refractivity contribution in [3.8, 4) is 11.4 Å². The van der Waals surface area contributed by atoms with E-state index in [1.807, 2.05) is 72.8 Å². The summed E-state index contributed by atoms with van der Waals surface area (Å²) in [7, 11) is 0. The Bertz CT molecular complexity index is 1260. The Hall–Kier alpha value is -4.32. The Morgan fingerprint density at radius 1 is 0.471 bits per heavy atom. The van der Waals surface area contributed by atoms with E-state index in [1.54, 1.807) is 0 Å². The third kappa shape index (κ3) is 4.06. The molecule has 2 aliphatic rings. The molecule has 0 aliphatic carbocycles. The first-order valence-electron chi connectivity index (χ1n) is 11.3. The molecule has 6 nitrogen and oxygen atoms in total. The third-order valence-corrected chi connectivity index (χ3v) is 5.87. The summed E-state index contributed by atoms with van der Waals surface area (Å²) in [5, 5.41) is 0. The Balaban J connectivity index is 1.26. The van der Waals surface area contributed by atoms with Gasteiger partial charge in [-0.3, -0.25) is 0 Å². The lowest BCUT2D eigenvalue weighted by Gasteiger charge is -2.06. The van der Waals surface area contributed by atoms with Crippen LogP contribution in [-0.2, 0) is 9.47 Å². The van der Waals surface area contributed by atoms with Gasteiger partial charge in [0.15, 0.2) is 0 Å². The number of hydrogen-bond acceptors (Lipinski definition) is 6. The molecule has 4 aromatic rings. The molecule has 34 heavy (non-hydrogen) atoms. The third-order valence-electron chi connectivity index (χ3n) is 5.87. The van der Waals surface area contributed by atoms with Gasteiger partial charge >= 0.3 is 0 Å². The van der Waals surface area contributed by atoms with Crippen molar-refractivity contribution in [3.05, 3.63) is 120 Å². The molecule has 0 bridgehead atoms. The molecule has 0 unspecified atom stereocenters. The summed E-state index contributed by atoms with van der Waals surface area (Å²) in [5.74, 6) is 1.11. The van der Waals surface area contributed by atoms with Gasteiger partial charge in [-0.2, -0.15) is 0 Å². The van der Waals surface area contributed by atoms with Crippen molar-refractivity contribution in [2.24, 2.45) is 9.98 Å². The first kappa shape index (κ1) is 20.3. The fourth-order valence-corrected chi connectivity index (χ4v) is 4.11. The fraction of sp³-hybridized carbons (Fsp3) is 0.143. The van der Waals surface area contributed by atoms with Crippen LogP contribution >= 0.6 is 0 Å². The van der Waals surface area contributed by atoms with Gasteiger partial charge in [0.1, 0.15) is 36.7 Å². The van der Waals surface area contributed by atoms with Crippen LogP contribution in [0.3, 0.4) is 0 Å². The molecule has 166 valence electrons. The van der Waals surface area contributed by atoms with Gasteiger partial charge in [0.2, 0.25) is 11.8 Å². The smallest absolute Gasteiger partial charge is 0.236 e. The first-order valence-corrected chi connectivity index (χ1v) is 11.3. The van der Waals surface area contributed by atoms with Gasteiger partial charge < -0.3 is 9.47 Å². The van der Waals surface area contributed by atoms with Crippen molar-refractivity contribution in [2.45, 2.75) is 12.1 Å². The Kier molecular flexibility index (Phi) is 5.32. The predicted molar refractivity (Wildman–Crippen MR) is 131 cm³/mol. The molecule has 0 spiro atoms. The van der Waals surface area contributed by atoms with Gasteiger partial charge in [0.25, 0.3) is 0 Å². The number of ether oxygens (including phenoxy) is 2. The molecule has 0 N–H and O–H groups in total. The van der Waals surface area contributed by atoms with E-state index in [0.29, 0.717) is 36.4 Å². The number of rotatable bonds is 5. The van der Waals surface area contributed by atoms with E-state index in [0.717, 1.165) is 22.5 Å². The van der Waals surface area contributed by atoms with Gasteiger partial charge in [-0.05, 0) is 35.4 Å². The number of aliphatic imine (C=N–C) groups is 2. The molecule has 2 aromatic heterocycles. The van der Waals surface area contributed by atoms with Gasteiger partial charge in [0, 0.05) is 0 Å². The minimum atomic E-state index is -0.0156. The van der Waals surface area contributed by atoms with Crippen LogP contribution < -0.4 is 0 Å².